The molecule has 58 valence electrons. The van der Waals surface area contributed by atoms with Crippen LogP contribution in [0.15, 0.2) is 25.1 Å². The van der Waals surface area contributed by atoms with Gasteiger partial charge in [0.05, 0.1) is 0 Å². The normalized spacial score (nSPS) is 10.8. The summed E-state index contributed by atoms with van der Waals surface area (Å²) >= 11 is 0. The zero-order chi connectivity index (χ0) is 8.36. The Morgan fingerprint density at radius 2 is 1.80 bits per heavy atom. The minimum Gasteiger partial charge on any atom is -0.348 e. The topological polar surface area (TPSA) is 3.24 Å². The highest BCUT2D eigenvalue weighted by Gasteiger charge is 2.16. The number of allylic oxidation sites excluding steroid dienone is 1. The summed E-state index contributed by atoms with van der Waals surface area (Å²) in [6.45, 7) is 15.9. The third-order valence-corrected chi connectivity index (χ3v) is 1.32. The molecule has 0 heterocycles. The first-order valence-corrected chi connectivity index (χ1v) is 3.47. The van der Waals surface area contributed by atoms with Gasteiger partial charge in [-0.15, -0.1) is 0 Å². The van der Waals surface area contributed by atoms with Crippen LogP contribution in [0.25, 0.3) is 0 Å². The monoisotopic (exact) mass is 139 g/mol. The Bertz CT molecular complexity index is 139. The standard InChI is InChI=1S/C9H17N/c1-7-10(8(2)3)9(4,5)6/h7H,1-2H2,3-6H3. The average Bonchev–Trinajstić information content (AvgIpc) is 1.60. The molecule has 1 heteroatoms. The fourth-order valence-electron chi connectivity index (χ4n) is 1.00. The van der Waals surface area contributed by atoms with Crippen LogP contribution in [-0.4, -0.2) is 10.4 Å². The molecule has 0 rings (SSSR count). The van der Waals surface area contributed by atoms with Crippen LogP contribution in [0.3, 0.4) is 0 Å². The maximum atomic E-state index is 3.85. The van der Waals surface area contributed by atoms with E-state index in [4.69, 9.17) is 0 Å². The molecule has 0 fully saturated rings. The summed E-state index contributed by atoms with van der Waals surface area (Å²) in [5.41, 5.74) is 1.13. The van der Waals surface area contributed by atoms with Crippen molar-refractivity contribution in [1.29, 1.82) is 0 Å². The van der Waals surface area contributed by atoms with Crippen LogP contribution in [0.2, 0.25) is 0 Å². The van der Waals surface area contributed by atoms with Gasteiger partial charge in [0.2, 0.25) is 0 Å². The lowest BCUT2D eigenvalue weighted by molar-refractivity contribution is 0.260. The van der Waals surface area contributed by atoms with Crippen LogP contribution in [-0.2, 0) is 0 Å². The largest absolute Gasteiger partial charge is 0.348 e. The molecule has 0 unspecified atom stereocenters. The zero-order valence-electron chi connectivity index (χ0n) is 7.44. The Labute approximate surface area is 64.0 Å². The second-order valence-corrected chi connectivity index (χ2v) is 3.46. The van der Waals surface area contributed by atoms with Gasteiger partial charge in [0, 0.05) is 11.2 Å². The SMILES string of the molecule is C=CN(C(=C)C)C(C)(C)C. The van der Waals surface area contributed by atoms with E-state index in [0.717, 1.165) is 5.70 Å². The molecule has 0 N–H and O–H groups in total. The van der Waals surface area contributed by atoms with Gasteiger partial charge >= 0.3 is 0 Å². The van der Waals surface area contributed by atoms with Crippen LogP contribution in [0, 0.1) is 0 Å². The molecule has 0 aromatic carbocycles. The van der Waals surface area contributed by atoms with Crippen LogP contribution in [0.1, 0.15) is 27.7 Å². The number of nitrogens with zero attached hydrogens (tertiary/aromatic N) is 1. The van der Waals surface area contributed by atoms with E-state index in [1.807, 2.05) is 18.0 Å². The molecule has 0 aromatic heterocycles. The van der Waals surface area contributed by atoms with E-state index in [1.165, 1.54) is 0 Å². The summed E-state index contributed by atoms with van der Waals surface area (Å²) in [5.74, 6) is 0. The van der Waals surface area contributed by atoms with Gasteiger partial charge in [-0.05, 0) is 33.9 Å². The van der Waals surface area contributed by atoms with Gasteiger partial charge in [0.25, 0.3) is 0 Å². The van der Waals surface area contributed by atoms with Gasteiger partial charge in [0.15, 0.2) is 0 Å². The highest BCUT2D eigenvalue weighted by atomic mass is 15.2. The first kappa shape index (κ1) is 9.28. The molecule has 0 aliphatic rings. The number of rotatable bonds is 2. The van der Waals surface area contributed by atoms with Crippen molar-refractivity contribution in [3.63, 3.8) is 0 Å². The third kappa shape index (κ3) is 2.26. The first-order chi connectivity index (χ1) is 4.39. The van der Waals surface area contributed by atoms with E-state index in [1.54, 1.807) is 0 Å². The van der Waals surface area contributed by atoms with Gasteiger partial charge in [-0.1, -0.05) is 13.2 Å². The van der Waals surface area contributed by atoms with Crippen molar-refractivity contribution in [2.24, 2.45) is 0 Å². The predicted molar refractivity (Wildman–Crippen MR) is 46.6 cm³/mol. The van der Waals surface area contributed by atoms with Crippen molar-refractivity contribution in [3.8, 4) is 0 Å². The lowest BCUT2D eigenvalue weighted by Crippen LogP contribution is -2.35. The molecular weight excluding hydrogens is 122 g/mol. The maximum Gasteiger partial charge on any atom is 0.0357 e. The summed E-state index contributed by atoms with van der Waals surface area (Å²) in [6.07, 6.45) is 1.81. The molecule has 0 aliphatic heterocycles. The molecule has 0 aliphatic carbocycles. The van der Waals surface area contributed by atoms with Crippen molar-refractivity contribution < 1.29 is 0 Å². The van der Waals surface area contributed by atoms with E-state index in [0.29, 0.717) is 0 Å². The Kier molecular flexibility index (Phi) is 2.70. The van der Waals surface area contributed by atoms with Gasteiger partial charge in [-0.25, -0.2) is 0 Å². The molecule has 10 heavy (non-hydrogen) atoms. The van der Waals surface area contributed by atoms with Crippen molar-refractivity contribution in [1.82, 2.24) is 4.90 Å². The Morgan fingerprint density at radius 1 is 1.40 bits per heavy atom. The molecular formula is C9H17N. The van der Waals surface area contributed by atoms with E-state index in [2.05, 4.69) is 33.9 Å². The lowest BCUT2D eigenvalue weighted by Gasteiger charge is -2.34. The van der Waals surface area contributed by atoms with E-state index >= 15 is 0 Å². The highest BCUT2D eigenvalue weighted by Crippen LogP contribution is 2.17. The number of hydrogen-bond acceptors (Lipinski definition) is 1. The summed E-state index contributed by atoms with van der Waals surface area (Å²) in [6, 6.07) is 0. The first-order valence-electron chi connectivity index (χ1n) is 3.47. The van der Waals surface area contributed by atoms with Gasteiger partial charge in [0.1, 0.15) is 0 Å². The van der Waals surface area contributed by atoms with Gasteiger partial charge in [-0.3, -0.25) is 0 Å². The van der Waals surface area contributed by atoms with E-state index < -0.39 is 0 Å². The molecule has 0 spiro atoms. The zero-order valence-corrected chi connectivity index (χ0v) is 7.44. The summed E-state index contributed by atoms with van der Waals surface area (Å²) < 4.78 is 0. The minimum absolute atomic E-state index is 0.105. The molecule has 0 saturated carbocycles. The molecule has 0 radical (unpaired) electrons. The van der Waals surface area contributed by atoms with E-state index in [-0.39, 0.29) is 5.54 Å². The van der Waals surface area contributed by atoms with Gasteiger partial charge in [-0.2, -0.15) is 0 Å². The molecule has 1 nitrogen and oxygen atoms in total. The molecule has 0 bridgehead atoms. The summed E-state index contributed by atoms with van der Waals surface area (Å²) in [4.78, 5) is 2.05. The number of hydrogen-bond donors (Lipinski definition) is 0. The average molecular weight is 139 g/mol. The third-order valence-electron chi connectivity index (χ3n) is 1.32. The van der Waals surface area contributed by atoms with Crippen molar-refractivity contribution in [2.45, 2.75) is 33.2 Å². The van der Waals surface area contributed by atoms with Crippen LogP contribution in [0.4, 0.5) is 0 Å². The minimum atomic E-state index is 0.105. The van der Waals surface area contributed by atoms with Crippen molar-refractivity contribution in [2.75, 3.05) is 0 Å². The second-order valence-electron chi connectivity index (χ2n) is 3.46. The fraction of sp³-hybridized carbons (Fsp3) is 0.556. The molecule has 0 aromatic rings. The van der Waals surface area contributed by atoms with Crippen LogP contribution >= 0.6 is 0 Å². The predicted octanol–water partition coefficient (Wildman–Crippen LogP) is 2.76. The van der Waals surface area contributed by atoms with E-state index in [9.17, 15) is 0 Å². The smallest absolute Gasteiger partial charge is 0.0357 e. The highest BCUT2D eigenvalue weighted by molar-refractivity contribution is 5.00. The quantitative estimate of drug-likeness (QED) is 0.568. The molecule has 0 atom stereocenters. The lowest BCUT2D eigenvalue weighted by atomic mass is 10.1. The summed E-state index contributed by atoms with van der Waals surface area (Å²) in [7, 11) is 0. The van der Waals surface area contributed by atoms with Crippen LogP contribution < -0.4 is 0 Å². The summed E-state index contributed by atoms with van der Waals surface area (Å²) in [5, 5.41) is 0. The van der Waals surface area contributed by atoms with Gasteiger partial charge < -0.3 is 4.90 Å². The Hall–Kier alpha value is -0.720. The molecule has 0 saturated heterocycles. The van der Waals surface area contributed by atoms with Crippen molar-refractivity contribution in [3.05, 3.63) is 25.1 Å². The second kappa shape index (κ2) is 2.91. The fourth-order valence-corrected chi connectivity index (χ4v) is 1.00. The maximum absolute atomic E-state index is 3.85. The van der Waals surface area contributed by atoms with Crippen molar-refractivity contribution >= 4 is 0 Å². The Morgan fingerprint density at radius 3 is 1.80 bits per heavy atom. The van der Waals surface area contributed by atoms with Crippen LogP contribution in [0.5, 0.6) is 0 Å². The Balaban J connectivity index is 4.36. The molecule has 0 amide bonds.